The second kappa shape index (κ2) is 6.73. The van der Waals surface area contributed by atoms with Gasteiger partial charge in [0, 0.05) is 24.8 Å². The van der Waals surface area contributed by atoms with Crippen molar-refractivity contribution >= 4 is 17.4 Å². The maximum atomic E-state index is 12.9. The van der Waals surface area contributed by atoms with E-state index in [1.807, 2.05) is 0 Å². The lowest BCUT2D eigenvalue weighted by Crippen LogP contribution is -2.33. The lowest BCUT2D eigenvalue weighted by atomic mass is 9.99. The molecule has 0 saturated carbocycles. The zero-order valence-corrected chi connectivity index (χ0v) is 13.0. The highest BCUT2D eigenvalue weighted by atomic mass is 19.1. The van der Waals surface area contributed by atoms with E-state index < -0.39 is 0 Å². The number of hydrogen-bond donors (Lipinski definition) is 1. The van der Waals surface area contributed by atoms with E-state index in [-0.39, 0.29) is 11.7 Å². The van der Waals surface area contributed by atoms with Gasteiger partial charge in [0.15, 0.2) is 0 Å². The third kappa shape index (κ3) is 3.83. The van der Waals surface area contributed by atoms with Crippen molar-refractivity contribution in [2.75, 3.05) is 23.3 Å². The van der Waals surface area contributed by atoms with Crippen LogP contribution in [0.2, 0.25) is 0 Å². The molecule has 0 unspecified atom stereocenters. The zero-order chi connectivity index (χ0) is 16.2. The van der Waals surface area contributed by atoms with E-state index in [0.717, 1.165) is 37.7 Å². The molecule has 2 heterocycles. The Labute approximate surface area is 134 Å². The van der Waals surface area contributed by atoms with E-state index in [1.54, 1.807) is 6.07 Å². The Kier molecular flexibility index (Phi) is 4.50. The van der Waals surface area contributed by atoms with Crippen molar-refractivity contribution in [3.63, 3.8) is 0 Å². The molecule has 2 aromatic rings. The number of rotatable bonds is 3. The van der Waals surface area contributed by atoms with Gasteiger partial charge in [0.1, 0.15) is 23.7 Å². The van der Waals surface area contributed by atoms with E-state index in [1.165, 1.54) is 30.6 Å². The highest BCUT2D eigenvalue weighted by Crippen LogP contribution is 2.21. The molecule has 0 bridgehead atoms. The van der Waals surface area contributed by atoms with Gasteiger partial charge in [-0.2, -0.15) is 0 Å². The summed E-state index contributed by atoms with van der Waals surface area (Å²) in [5.74, 6) is 0.836. The van der Waals surface area contributed by atoms with Crippen molar-refractivity contribution in [3.8, 4) is 0 Å². The van der Waals surface area contributed by atoms with Crippen LogP contribution >= 0.6 is 0 Å². The van der Waals surface area contributed by atoms with Gasteiger partial charge in [0.25, 0.3) is 5.91 Å². The molecule has 23 heavy (non-hydrogen) atoms. The van der Waals surface area contributed by atoms with Crippen LogP contribution in [0.5, 0.6) is 0 Å². The molecule has 1 saturated heterocycles. The van der Waals surface area contributed by atoms with Gasteiger partial charge in [0.05, 0.1) is 0 Å². The lowest BCUT2D eigenvalue weighted by molar-refractivity contribution is 0.102. The molecule has 1 amide bonds. The normalized spacial score (nSPS) is 15.5. The van der Waals surface area contributed by atoms with Gasteiger partial charge in [0.2, 0.25) is 0 Å². The quantitative estimate of drug-likeness (QED) is 0.946. The third-order valence-corrected chi connectivity index (χ3v) is 4.10. The molecule has 6 heteroatoms. The van der Waals surface area contributed by atoms with Crippen molar-refractivity contribution in [3.05, 3.63) is 48.2 Å². The fraction of sp³-hybridized carbons (Fsp3) is 0.353. The highest BCUT2D eigenvalue weighted by molar-refractivity contribution is 6.03. The maximum absolute atomic E-state index is 12.9. The number of amides is 1. The summed E-state index contributed by atoms with van der Waals surface area (Å²) in [7, 11) is 0. The Balaban J connectivity index is 1.71. The number of halogens is 1. The van der Waals surface area contributed by atoms with Gasteiger partial charge >= 0.3 is 0 Å². The summed E-state index contributed by atoms with van der Waals surface area (Å²) in [5, 5.41) is 2.71. The topological polar surface area (TPSA) is 58.1 Å². The van der Waals surface area contributed by atoms with Crippen LogP contribution in [-0.4, -0.2) is 29.0 Å². The summed E-state index contributed by atoms with van der Waals surface area (Å²) in [6.45, 7) is 4.13. The van der Waals surface area contributed by atoms with E-state index in [2.05, 4.69) is 27.1 Å². The van der Waals surface area contributed by atoms with Crippen LogP contribution in [0, 0.1) is 11.7 Å². The van der Waals surface area contributed by atoms with Gasteiger partial charge < -0.3 is 10.2 Å². The predicted octanol–water partition coefficient (Wildman–Crippen LogP) is 3.10. The average Bonchev–Trinajstić information content (AvgIpc) is 2.58. The van der Waals surface area contributed by atoms with Crippen LogP contribution in [0.25, 0.3) is 0 Å². The first-order chi connectivity index (χ1) is 11.1. The standard InChI is InChI=1S/C17H19FN4O/c1-12-6-8-22(9-7-12)16-10-15(19-11-20-16)17(23)21-14-4-2-13(18)3-5-14/h2-5,10-12H,6-9H2,1H3,(H,21,23). The number of aromatic nitrogens is 2. The zero-order valence-electron chi connectivity index (χ0n) is 13.0. The first kappa shape index (κ1) is 15.4. The minimum atomic E-state index is -0.341. The van der Waals surface area contributed by atoms with Crippen LogP contribution in [-0.2, 0) is 0 Å². The number of nitrogens with zero attached hydrogens (tertiary/aromatic N) is 3. The minimum Gasteiger partial charge on any atom is -0.356 e. The molecule has 120 valence electrons. The molecule has 0 aliphatic carbocycles. The summed E-state index contributed by atoms with van der Waals surface area (Å²) < 4.78 is 12.9. The first-order valence-electron chi connectivity index (χ1n) is 7.76. The molecule has 1 aliphatic heterocycles. The number of benzene rings is 1. The molecule has 0 atom stereocenters. The van der Waals surface area contributed by atoms with Crippen LogP contribution in [0.3, 0.4) is 0 Å². The predicted molar refractivity (Wildman–Crippen MR) is 87.0 cm³/mol. The molecular weight excluding hydrogens is 295 g/mol. The molecule has 1 aromatic heterocycles. The largest absolute Gasteiger partial charge is 0.356 e. The van der Waals surface area contributed by atoms with Gasteiger partial charge in [-0.1, -0.05) is 6.92 Å². The van der Waals surface area contributed by atoms with Gasteiger partial charge in [-0.25, -0.2) is 14.4 Å². The molecule has 1 N–H and O–H groups in total. The lowest BCUT2D eigenvalue weighted by Gasteiger charge is -2.31. The Morgan fingerprint density at radius 2 is 1.91 bits per heavy atom. The van der Waals surface area contributed by atoms with Crippen molar-refractivity contribution in [1.82, 2.24) is 9.97 Å². The second-order valence-electron chi connectivity index (χ2n) is 5.89. The van der Waals surface area contributed by atoms with Crippen LogP contribution in [0.4, 0.5) is 15.9 Å². The number of carbonyl (C=O) groups is 1. The monoisotopic (exact) mass is 314 g/mol. The number of piperidine rings is 1. The van der Waals surface area contributed by atoms with Gasteiger partial charge in [-0.3, -0.25) is 4.79 Å². The summed E-state index contributed by atoms with van der Waals surface area (Å²) in [4.78, 5) is 22.8. The summed E-state index contributed by atoms with van der Waals surface area (Å²) in [5.41, 5.74) is 0.835. The molecule has 1 aliphatic rings. The molecule has 5 nitrogen and oxygen atoms in total. The number of nitrogens with one attached hydrogen (secondary N) is 1. The Hall–Kier alpha value is -2.50. The molecule has 1 fully saturated rings. The maximum Gasteiger partial charge on any atom is 0.274 e. The fourth-order valence-electron chi connectivity index (χ4n) is 2.61. The van der Waals surface area contributed by atoms with Crippen LogP contribution in [0.15, 0.2) is 36.7 Å². The van der Waals surface area contributed by atoms with Gasteiger partial charge in [-0.15, -0.1) is 0 Å². The fourth-order valence-corrected chi connectivity index (χ4v) is 2.61. The molecular formula is C17H19FN4O. The minimum absolute atomic E-state index is 0.304. The molecule has 0 spiro atoms. The molecule has 3 rings (SSSR count). The number of carbonyl (C=O) groups excluding carboxylic acids is 1. The van der Waals surface area contributed by atoms with Crippen molar-refractivity contribution in [2.24, 2.45) is 5.92 Å². The van der Waals surface area contributed by atoms with E-state index in [0.29, 0.717) is 11.4 Å². The van der Waals surface area contributed by atoms with Crippen molar-refractivity contribution in [1.29, 1.82) is 0 Å². The SMILES string of the molecule is CC1CCN(c2cc(C(=O)Nc3ccc(F)cc3)ncn2)CC1. The number of anilines is 2. The summed E-state index contributed by atoms with van der Waals surface area (Å²) in [6, 6.07) is 7.34. The van der Waals surface area contributed by atoms with Crippen molar-refractivity contribution in [2.45, 2.75) is 19.8 Å². The van der Waals surface area contributed by atoms with Crippen LogP contribution < -0.4 is 10.2 Å². The molecule has 1 aromatic carbocycles. The second-order valence-corrected chi connectivity index (χ2v) is 5.89. The van der Waals surface area contributed by atoms with Gasteiger partial charge in [-0.05, 0) is 43.0 Å². The Morgan fingerprint density at radius 3 is 2.61 bits per heavy atom. The third-order valence-electron chi connectivity index (χ3n) is 4.10. The molecule has 0 radical (unpaired) electrons. The first-order valence-corrected chi connectivity index (χ1v) is 7.76. The Morgan fingerprint density at radius 1 is 1.22 bits per heavy atom. The van der Waals surface area contributed by atoms with E-state index in [4.69, 9.17) is 0 Å². The Bertz CT molecular complexity index is 681. The van der Waals surface area contributed by atoms with Crippen molar-refractivity contribution < 1.29 is 9.18 Å². The van der Waals surface area contributed by atoms with E-state index in [9.17, 15) is 9.18 Å². The number of hydrogen-bond acceptors (Lipinski definition) is 4. The van der Waals surface area contributed by atoms with Crippen LogP contribution in [0.1, 0.15) is 30.3 Å². The average molecular weight is 314 g/mol. The highest BCUT2D eigenvalue weighted by Gasteiger charge is 2.18. The smallest absolute Gasteiger partial charge is 0.274 e. The summed E-state index contributed by atoms with van der Waals surface area (Å²) >= 11 is 0. The van der Waals surface area contributed by atoms with E-state index >= 15 is 0 Å². The summed E-state index contributed by atoms with van der Waals surface area (Å²) in [6.07, 6.45) is 3.66.